The fourth-order valence-corrected chi connectivity index (χ4v) is 3.57. The molecule has 0 saturated carbocycles. The number of ether oxygens (including phenoxy) is 1. The highest BCUT2D eigenvalue weighted by molar-refractivity contribution is 5.86. The van der Waals surface area contributed by atoms with Gasteiger partial charge in [-0.15, -0.1) is 5.10 Å². The van der Waals surface area contributed by atoms with E-state index in [9.17, 15) is 9.59 Å². The van der Waals surface area contributed by atoms with Crippen LogP contribution in [0.1, 0.15) is 5.69 Å². The lowest BCUT2D eigenvalue weighted by molar-refractivity contribution is -0.133. The van der Waals surface area contributed by atoms with Gasteiger partial charge >= 0.3 is 0 Å². The van der Waals surface area contributed by atoms with Gasteiger partial charge in [0, 0.05) is 38.9 Å². The lowest BCUT2D eigenvalue weighted by Gasteiger charge is -2.34. The Morgan fingerprint density at radius 1 is 1.03 bits per heavy atom. The molecule has 0 unspecified atom stereocenters. The molecule has 0 bridgehead atoms. The van der Waals surface area contributed by atoms with Gasteiger partial charge in [0.1, 0.15) is 6.54 Å². The Balaban J connectivity index is 1.43. The van der Waals surface area contributed by atoms with Crippen molar-refractivity contribution in [1.82, 2.24) is 24.6 Å². The summed E-state index contributed by atoms with van der Waals surface area (Å²) in [6.45, 7) is 3.44. The fourth-order valence-electron chi connectivity index (χ4n) is 3.57. The van der Waals surface area contributed by atoms with Crippen LogP contribution in [0.3, 0.4) is 0 Å². The number of methoxy groups -OCH3 is 1. The molecule has 0 N–H and O–H groups in total. The SMILES string of the molecule is COc1nn(CC(=O)N2CCN(Cc3ccccn3)CC2)c(=O)c2ccccc12. The van der Waals surface area contributed by atoms with Crippen LogP contribution < -0.4 is 10.3 Å². The van der Waals surface area contributed by atoms with Crippen molar-refractivity contribution < 1.29 is 9.53 Å². The minimum absolute atomic E-state index is 0.0970. The second-order valence-electron chi connectivity index (χ2n) is 7.00. The van der Waals surface area contributed by atoms with Gasteiger partial charge in [0.2, 0.25) is 11.8 Å². The molecule has 8 nitrogen and oxygen atoms in total. The van der Waals surface area contributed by atoms with Crippen LogP contribution in [0, 0.1) is 0 Å². The van der Waals surface area contributed by atoms with E-state index in [0.29, 0.717) is 29.7 Å². The number of carbonyl (C=O) groups excluding carboxylic acids is 1. The van der Waals surface area contributed by atoms with Crippen LogP contribution in [0.25, 0.3) is 10.8 Å². The van der Waals surface area contributed by atoms with E-state index in [4.69, 9.17) is 4.74 Å². The van der Waals surface area contributed by atoms with Crippen LogP contribution in [0.4, 0.5) is 0 Å². The van der Waals surface area contributed by atoms with Gasteiger partial charge in [-0.3, -0.25) is 19.5 Å². The molecule has 2 aromatic heterocycles. The average Bonchev–Trinajstić information content (AvgIpc) is 2.77. The summed E-state index contributed by atoms with van der Waals surface area (Å²) in [5.41, 5.74) is 0.731. The van der Waals surface area contributed by atoms with Gasteiger partial charge in [-0.05, 0) is 24.3 Å². The van der Waals surface area contributed by atoms with Crippen molar-refractivity contribution in [2.24, 2.45) is 0 Å². The molecular formula is C21H23N5O3. The smallest absolute Gasteiger partial charge is 0.275 e. The van der Waals surface area contributed by atoms with Crippen molar-refractivity contribution >= 4 is 16.7 Å². The van der Waals surface area contributed by atoms with E-state index in [1.54, 1.807) is 29.3 Å². The number of aromatic nitrogens is 3. The van der Waals surface area contributed by atoms with Gasteiger partial charge in [-0.1, -0.05) is 18.2 Å². The molecular weight excluding hydrogens is 370 g/mol. The predicted octanol–water partition coefficient (Wildman–Crippen LogP) is 1.14. The van der Waals surface area contributed by atoms with Gasteiger partial charge in [-0.25, -0.2) is 4.68 Å². The quantitative estimate of drug-likeness (QED) is 0.647. The first-order valence-electron chi connectivity index (χ1n) is 9.59. The summed E-state index contributed by atoms with van der Waals surface area (Å²) in [4.78, 5) is 33.9. The molecule has 0 atom stereocenters. The molecule has 3 heterocycles. The van der Waals surface area contributed by atoms with Crippen LogP contribution >= 0.6 is 0 Å². The van der Waals surface area contributed by atoms with E-state index in [0.717, 1.165) is 25.3 Å². The number of benzene rings is 1. The summed E-state index contributed by atoms with van der Waals surface area (Å²) in [7, 11) is 1.51. The molecule has 150 valence electrons. The fraction of sp³-hybridized carbons (Fsp3) is 0.333. The topological polar surface area (TPSA) is 80.6 Å². The minimum atomic E-state index is -0.288. The third-order valence-corrected chi connectivity index (χ3v) is 5.15. The third-order valence-electron chi connectivity index (χ3n) is 5.15. The Kier molecular flexibility index (Phi) is 5.53. The second kappa shape index (κ2) is 8.40. The average molecular weight is 393 g/mol. The van der Waals surface area contributed by atoms with Crippen LogP contribution in [0.15, 0.2) is 53.5 Å². The van der Waals surface area contributed by atoms with Crippen molar-refractivity contribution in [3.63, 3.8) is 0 Å². The normalized spacial score (nSPS) is 14.9. The highest BCUT2D eigenvalue weighted by Gasteiger charge is 2.23. The molecule has 0 spiro atoms. The van der Waals surface area contributed by atoms with E-state index < -0.39 is 0 Å². The van der Waals surface area contributed by atoms with E-state index in [-0.39, 0.29) is 18.0 Å². The zero-order valence-corrected chi connectivity index (χ0v) is 16.3. The Bertz CT molecular complexity index is 1060. The van der Waals surface area contributed by atoms with Crippen molar-refractivity contribution in [2.45, 2.75) is 13.1 Å². The zero-order chi connectivity index (χ0) is 20.2. The number of hydrogen-bond donors (Lipinski definition) is 0. The summed E-state index contributed by atoms with van der Waals surface area (Å²) in [6.07, 6.45) is 1.79. The molecule has 1 aliphatic heterocycles. The highest BCUT2D eigenvalue weighted by atomic mass is 16.5. The standard InChI is InChI=1S/C21H23N5O3/c1-29-20-17-7-2-3-8-18(17)21(28)26(23-20)15-19(27)25-12-10-24(11-13-25)14-16-6-4-5-9-22-16/h2-9H,10-15H2,1H3. The number of nitrogens with zero attached hydrogens (tertiary/aromatic N) is 5. The molecule has 4 rings (SSSR count). The zero-order valence-electron chi connectivity index (χ0n) is 16.3. The first kappa shape index (κ1) is 19.1. The predicted molar refractivity (Wildman–Crippen MR) is 109 cm³/mol. The third kappa shape index (κ3) is 4.12. The van der Waals surface area contributed by atoms with Gasteiger partial charge in [0.25, 0.3) is 5.56 Å². The molecule has 1 amide bonds. The van der Waals surface area contributed by atoms with Gasteiger partial charge in [0.15, 0.2) is 0 Å². The van der Waals surface area contributed by atoms with Gasteiger partial charge in [0.05, 0.1) is 23.6 Å². The van der Waals surface area contributed by atoms with Crippen LogP contribution in [0.2, 0.25) is 0 Å². The Morgan fingerprint density at radius 2 is 1.76 bits per heavy atom. The van der Waals surface area contributed by atoms with Crippen LogP contribution in [0.5, 0.6) is 5.88 Å². The number of piperazine rings is 1. The Hall–Kier alpha value is -3.26. The lowest BCUT2D eigenvalue weighted by atomic mass is 10.2. The first-order chi connectivity index (χ1) is 14.2. The number of pyridine rings is 1. The summed E-state index contributed by atoms with van der Waals surface area (Å²) in [5, 5.41) is 5.38. The molecule has 1 aromatic carbocycles. The number of fused-ring (bicyclic) bond motifs is 1. The second-order valence-corrected chi connectivity index (χ2v) is 7.00. The number of rotatable bonds is 5. The van der Waals surface area contributed by atoms with Gasteiger partial charge in [-0.2, -0.15) is 0 Å². The molecule has 3 aromatic rings. The monoisotopic (exact) mass is 393 g/mol. The van der Waals surface area contributed by atoms with E-state index in [1.165, 1.54) is 11.8 Å². The highest BCUT2D eigenvalue weighted by Crippen LogP contribution is 2.19. The Morgan fingerprint density at radius 3 is 2.45 bits per heavy atom. The van der Waals surface area contributed by atoms with Crippen molar-refractivity contribution in [1.29, 1.82) is 0 Å². The molecule has 0 radical (unpaired) electrons. The van der Waals surface area contributed by atoms with Crippen LogP contribution in [-0.4, -0.2) is 63.8 Å². The molecule has 29 heavy (non-hydrogen) atoms. The summed E-state index contributed by atoms with van der Waals surface area (Å²) in [5.74, 6) is 0.225. The maximum Gasteiger partial charge on any atom is 0.275 e. The molecule has 1 aliphatic rings. The van der Waals surface area contributed by atoms with Gasteiger partial charge < -0.3 is 9.64 Å². The molecule has 0 aliphatic carbocycles. The first-order valence-corrected chi connectivity index (χ1v) is 9.59. The number of amides is 1. The minimum Gasteiger partial charge on any atom is -0.480 e. The summed E-state index contributed by atoms with van der Waals surface area (Å²) >= 11 is 0. The number of hydrogen-bond acceptors (Lipinski definition) is 6. The maximum atomic E-state index is 12.8. The van der Waals surface area contributed by atoms with E-state index in [1.807, 2.05) is 24.3 Å². The maximum absolute atomic E-state index is 12.8. The van der Waals surface area contributed by atoms with E-state index >= 15 is 0 Å². The van der Waals surface area contributed by atoms with Crippen molar-refractivity contribution in [3.05, 3.63) is 64.7 Å². The molecule has 1 saturated heterocycles. The largest absolute Gasteiger partial charge is 0.480 e. The summed E-state index contributed by atoms with van der Waals surface area (Å²) in [6, 6.07) is 13.0. The lowest BCUT2D eigenvalue weighted by Crippen LogP contribution is -2.49. The van der Waals surface area contributed by atoms with Crippen molar-refractivity contribution in [3.8, 4) is 5.88 Å². The number of carbonyl (C=O) groups is 1. The van der Waals surface area contributed by atoms with Crippen LogP contribution in [-0.2, 0) is 17.9 Å². The van der Waals surface area contributed by atoms with E-state index in [2.05, 4.69) is 15.0 Å². The van der Waals surface area contributed by atoms with Crippen molar-refractivity contribution in [2.75, 3.05) is 33.3 Å². The molecule has 8 heteroatoms. The Labute approximate surface area is 168 Å². The molecule has 1 fully saturated rings. The summed E-state index contributed by atoms with van der Waals surface area (Å²) < 4.78 is 6.51.